The lowest BCUT2D eigenvalue weighted by atomic mass is 10.0. The summed E-state index contributed by atoms with van der Waals surface area (Å²) in [5, 5.41) is 2.83. The maximum absolute atomic E-state index is 13.0. The summed E-state index contributed by atoms with van der Waals surface area (Å²) in [5.41, 5.74) is 2.08. The second-order valence-corrected chi connectivity index (χ2v) is 8.27. The van der Waals surface area contributed by atoms with Crippen molar-refractivity contribution in [2.75, 3.05) is 26.9 Å². The van der Waals surface area contributed by atoms with Crippen LogP contribution in [0.4, 0.5) is 13.2 Å². The van der Waals surface area contributed by atoms with Crippen LogP contribution in [0.5, 0.6) is 11.8 Å². The monoisotopic (exact) mass is 497 g/mol. The zero-order chi connectivity index (χ0) is 26.2. The normalized spacial score (nSPS) is 12.4. The highest BCUT2D eigenvalue weighted by Gasteiger charge is 2.29. The van der Waals surface area contributed by atoms with Crippen molar-refractivity contribution in [3.8, 4) is 11.8 Å². The van der Waals surface area contributed by atoms with Gasteiger partial charge in [0, 0.05) is 36.9 Å². The third-order valence-electron chi connectivity index (χ3n) is 4.86. The molecule has 0 aliphatic rings. The van der Waals surface area contributed by atoms with Gasteiger partial charge in [0.25, 0.3) is 5.91 Å². The molecule has 0 bridgehead atoms. The van der Waals surface area contributed by atoms with E-state index in [2.05, 4.69) is 20.0 Å². The topological polar surface area (TPSA) is 99.6 Å². The number of carbonyl (C=O) groups is 2. The fraction of sp³-hybridized carbons (Fsp3) is 0.500. The van der Waals surface area contributed by atoms with Crippen molar-refractivity contribution in [2.24, 2.45) is 5.92 Å². The number of carbonyl (C=O) groups excluding carboxylic acids is 2. The Bertz CT molecular complexity index is 1030. The first-order valence-electron chi connectivity index (χ1n) is 11.0. The van der Waals surface area contributed by atoms with Gasteiger partial charge in [0.15, 0.2) is 6.61 Å². The number of halogens is 3. The Morgan fingerprint density at radius 2 is 1.77 bits per heavy atom. The Morgan fingerprint density at radius 3 is 2.40 bits per heavy atom. The zero-order valence-corrected chi connectivity index (χ0v) is 20.4. The molecule has 2 aromatic heterocycles. The standard InChI is InChI=1S/C24H30F3N3O5/c1-14(2)20(31)12-18-11-17(10-15(3)28-18)16(4)29-22(32)19-6-7-21(35-13-24(25,26)27)30-23(19)34-9-8-33-5/h6-7,10-11,14,16H,8-9,12-13H2,1-5H3,(H,29,32). The minimum atomic E-state index is -4.54. The van der Waals surface area contributed by atoms with Gasteiger partial charge in [-0.3, -0.25) is 14.6 Å². The van der Waals surface area contributed by atoms with Gasteiger partial charge in [-0.1, -0.05) is 13.8 Å². The summed E-state index contributed by atoms with van der Waals surface area (Å²) in [6, 6.07) is 5.55. The molecule has 0 aliphatic heterocycles. The van der Waals surface area contributed by atoms with Crippen LogP contribution in [-0.4, -0.2) is 54.8 Å². The number of pyridine rings is 2. The first-order valence-corrected chi connectivity index (χ1v) is 11.0. The average molecular weight is 498 g/mol. The summed E-state index contributed by atoms with van der Waals surface area (Å²) >= 11 is 0. The highest BCUT2D eigenvalue weighted by atomic mass is 19.4. The van der Waals surface area contributed by atoms with Crippen LogP contribution in [0, 0.1) is 12.8 Å². The van der Waals surface area contributed by atoms with E-state index in [1.807, 2.05) is 13.8 Å². The summed E-state index contributed by atoms with van der Waals surface area (Å²) in [5.74, 6) is -1.12. The van der Waals surface area contributed by atoms with Gasteiger partial charge in [-0.15, -0.1) is 0 Å². The molecule has 1 N–H and O–H groups in total. The lowest BCUT2D eigenvalue weighted by Crippen LogP contribution is -2.28. The van der Waals surface area contributed by atoms with E-state index >= 15 is 0 Å². The van der Waals surface area contributed by atoms with Crippen molar-refractivity contribution >= 4 is 11.7 Å². The van der Waals surface area contributed by atoms with Crippen LogP contribution in [0.25, 0.3) is 0 Å². The summed E-state index contributed by atoms with van der Waals surface area (Å²) in [6.07, 6.45) is -4.35. The van der Waals surface area contributed by atoms with Crippen LogP contribution >= 0.6 is 0 Å². The Kier molecular flexibility index (Phi) is 10.00. The number of amides is 1. The number of ether oxygens (including phenoxy) is 3. The molecule has 0 radical (unpaired) electrons. The number of Topliss-reactive ketones (excluding diaryl/α,β-unsaturated/α-hetero) is 1. The van der Waals surface area contributed by atoms with Gasteiger partial charge in [0.2, 0.25) is 11.8 Å². The number of ketones is 1. The molecule has 0 saturated carbocycles. The second-order valence-electron chi connectivity index (χ2n) is 8.27. The van der Waals surface area contributed by atoms with Gasteiger partial charge in [0.1, 0.15) is 18.0 Å². The van der Waals surface area contributed by atoms with E-state index in [9.17, 15) is 22.8 Å². The SMILES string of the molecule is COCCOc1nc(OCC(F)(F)F)ccc1C(=O)NC(C)c1cc(C)nc(CC(=O)C(C)C)c1. The van der Waals surface area contributed by atoms with Crippen molar-refractivity contribution in [3.63, 3.8) is 0 Å². The molecule has 2 rings (SSSR count). The molecular weight excluding hydrogens is 467 g/mol. The molecule has 35 heavy (non-hydrogen) atoms. The van der Waals surface area contributed by atoms with Gasteiger partial charge >= 0.3 is 6.18 Å². The van der Waals surface area contributed by atoms with Gasteiger partial charge in [-0.2, -0.15) is 18.2 Å². The highest BCUT2D eigenvalue weighted by molar-refractivity contribution is 5.96. The predicted molar refractivity (Wildman–Crippen MR) is 122 cm³/mol. The van der Waals surface area contributed by atoms with Crippen LogP contribution in [0.2, 0.25) is 0 Å². The molecule has 1 atom stereocenters. The molecule has 0 saturated heterocycles. The largest absolute Gasteiger partial charge is 0.475 e. The number of aryl methyl sites for hydroxylation is 1. The Morgan fingerprint density at radius 1 is 1.06 bits per heavy atom. The predicted octanol–water partition coefficient (Wildman–Crippen LogP) is 4.01. The van der Waals surface area contributed by atoms with Crippen LogP contribution in [0.1, 0.15) is 54.1 Å². The lowest BCUT2D eigenvalue weighted by molar-refractivity contribution is -0.154. The molecule has 0 spiro atoms. The van der Waals surface area contributed by atoms with Crippen molar-refractivity contribution < 1.29 is 37.0 Å². The molecule has 2 heterocycles. The molecule has 2 aromatic rings. The van der Waals surface area contributed by atoms with Gasteiger partial charge < -0.3 is 19.5 Å². The summed E-state index contributed by atoms with van der Waals surface area (Å²) < 4.78 is 52.5. The Balaban J connectivity index is 2.22. The summed E-state index contributed by atoms with van der Waals surface area (Å²) in [6.45, 7) is 5.89. The minimum absolute atomic E-state index is 0.0216. The molecule has 8 nitrogen and oxygen atoms in total. The van der Waals surface area contributed by atoms with Crippen LogP contribution in [-0.2, 0) is 16.0 Å². The molecule has 0 aliphatic carbocycles. The van der Waals surface area contributed by atoms with Gasteiger partial charge in [-0.05, 0) is 37.6 Å². The van der Waals surface area contributed by atoms with E-state index in [0.717, 1.165) is 5.56 Å². The number of aromatic nitrogens is 2. The molecule has 11 heteroatoms. The van der Waals surface area contributed by atoms with E-state index in [4.69, 9.17) is 9.47 Å². The zero-order valence-electron chi connectivity index (χ0n) is 20.4. The average Bonchev–Trinajstić information content (AvgIpc) is 2.77. The number of hydrogen-bond acceptors (Lipinski definition) is 7. The summed E-state index contributed by atoms with van der Waals surface area (Å²) in [7, 11) is 1.45. The minimum Gasteiger partial charge on any atom is -0.475 e. The Labute approximate surface area is 202 Å². The van der Waals surface area contributed by atoms with Crippen molar-refractivity contribution in [2.45, 2.75) is 46.3 Å². The Hall–Kier alpha value is -3.21. The smallest absolute Gasteiger partial charge is 0.422 e. The van der Waals surface area contributed by atoms with Gasteiger partial charge in [0.05, 0.1) is 12.6 Å². The molecule has 1 unspecified atom stereocenters. The van der Waals surface area contributed by atoms with E-state index in [-0.39, 0.29) is 48.7 Å². The van der Waals surface area contributed by atoms with Gasteiger partial charge in [-0.25, -0.2) is 0 Å². The van der Waals surface area contributed by atoms with Crippen molar-refractivity contribution in [3.05, 3.63) is 46.8 Å². The molecule has 1 amide bonds. The van der Waals surface area contributed by atoms with Crippen LogP contribution < -0.4 is 14.8 Å². The third kappa shape index (κ3) is 9.16. The van der Waals surface area contributed by atoms with E-state index in [0.29, 0.717) is 11.4 Å². The molecule has 0 fully saturated rings. The number of hydrogen-bond donors (Lipinski definition) is 1. The lowest BCUT2D eigenvalue weighted by Gasteiger charge is -2.18. The maximum Gasteiger partial charge on any atom is 0.422 e. The number of nitrogens with zero attached hydrogens (tertiary/aromatic N) is 2. The quantitative estimate of drug-likeness (QED) is 0.443. The van der Waals surface area contributed by atoms with E-state index in [1.54, 1.807) is 26.0 Å². The van der Waals surface area contributed by atoms with E-state index in [1.165, 1.54) is 19.2 Å². The fourth-order valence-electron chi connectivity index (χ4n) is 3.01. The van der Waals surface area contributed by atoms with Crippen LogP contribution in [0.15, 0.2) is 24.3 Å². The van der Waals surface area contributed by atoms with Crippen LogP contribution in [0.3, 0.4) is 0 Å². The fourth-order valence-corrected chi connectivity index (χ4v) is 3.01. The highest BCUT2D eigenvalue weighted by Crippen LogP contribution is 2.24. The van der Waals surface area contributed by atoms with E-state index < -0.39 is 24.7 Å². The van der Waals surface area contributed by atoms with Crippen molar-refractivity contribution in [1.82, 2.24) is 15.3 Å². The molecular formula is C24H30F3N3O5. The number of rotatable bonds is 12. The first kappa shape index (κ1) is 28.0. The number of methoxy groups -OCH3 is 1. The summed E-state index contributed by atoms with van der Waals surface area (Å²) in [4.78, 5) is 33.4. The third-order valence-corrected chi connectivity index (χ3v) is 4.86. The number of nitrogens with one attached hydrogen (secondary N) is 1. The molecule has 0 aromatic carbocycles. The maximum atomic E-state index is 13.0. The van der Waals surface area contributed by atoms with Crippen molar-refractivity contribution in [1.29, 1.82) is 0 Å². The second kappa shape index (κ2) is 12.5. The first-order chi connectivity index (χ1) is 16.4. The molecule has 192 valence electrons. The number of alkyl halides is 3.